The molecule has 0 saturated carbocycles. The van der Waals surface area contributed by atoms with Crippen LogP contribution in [0.3, 0.4) is 0 Å². The Hall–Kier alpha value is -3.06. The molecule has 0 radical (unpaired) electrons. The number of carbonyl (C=O) groups excluding carboxylic acids is 1. The van der Waals surface area contributed by atoms with Crippen molar-refractivity contribution in [3.05, 3.63) is 70.8 Å². The molecule has 4 rings (SSSR count). The monoisotopic (exact) mass is 415 g/mol. The minimum absolute atomic E-state index is 0.178. The maximum atomic E-state index is 13.2. The van der Waals surface area contributed by atoms with Crippen LogP contribution in [0.4, 0.5) is 4.39 Å². The lowest BCUT2D eigenvalue weighted by molar-refractivity contribution is 0.0520. The van der Waals surface area contributed by atoms with E-state index in [9.17, 15) is 9.18 Å². The lowest BCUT2D eigenvalue weighted by Crippen LogP contribution is -2.42. The molecular formula is C21H19ClFN3O3. The number of aryl methyl sites for hydroxylation is 1. The number of nitrogens with zero attached hydrogens (tertiary/aromatic N) is 3. The average molecular weight is 416 g/mol. The van der Waals surface area contributed by atoms with Crippen molar-refractivity contribution < 1.29 is 18.7 Å². The number of para-hydroxylation sites is 2. The second-order valence-corrected chi connectivity index (χ2v) is 7.18. The predicted molar refractivity (Wildman–Crippen MR) is 107 cm³/mol. The van der Waals surface area contributed by atoms with E-state index in [1.165, 1.54) is 21.7 Å². The molecule has 0 N–H and O–H groups in total. The first kappa shape index (κ1) is 19.3. The Kier molecular flexibility index (Phi) is 5.15. The van der Waals surface area contributed by atoms with Crippen LogP contribution in [0.1, 0.15) is 16.1 Å². The topological polar surface area (TPSA) is 56.6 Å². The first-order valence-electron chi connectivity index (χ1n) is 9.09. The first-order valence-corrected chi connectivity index (χ1v) is 9.47. The Labute approximate surface area is 172 Å². The van der Waals surface area contributed by atoms with Gasteiger partial charge in [-0.2, -0.15) is 5.10 Å². The van der Waals surface area contributed by atoms with Gasteiger partial charge >= 0.3 is 0 Å². The molecule has 0 bridgehead atoms. The molecule has 8 heteroatoms. The van der Waals surface area contributed by atoms with E-state index in [0.717, 1.165) is 0 Å². The van der Waals surface area contributed by atoms with Crippen molar-refractivity contribution in [2.45, 2.75) is 13.0 Å². The molecule has 0 aliphatic carbocycles. The third-order valence-electron chi connectivity index (χ3n) is 4.68. The molecule has 0 spiro atoms. The van der Waals surface area contributed by atoms with Crippen LogP contribution in [0.5, 0.6) is 11.5 Å². The summed E-state index contributed by atoms with van der Waals surface area (Å²) in [6.45, 7) is 2.38. The van der Waals surface area contributed by atoms with Gasteiger partial charge in [0.2, 0.25) is 0 Å². The van der Waals surface area contributed by atoms with Crippen LogP contribution in [-0.2, 0) is 0 Å². The van der Waals surface area contributed by atoms with Crippen LogP contribution in [-0.4, -0.2) is 46.9 Å². The second kappa shape index (κ2) is 7.75. The Morgan fingerprint density at radius 2 is 1.93 bits per heavy atom. The summed E-state index contributed by atoms with van der Waals surface area (Å²) in [6.07, 6.45) is -0.301. The van der Waals surface area contributed by atoms with E-state index >= 15 is 0 Å². The van der Waals surface area contributed by atoms with Crippen molar-refractivity contribution in [2.24, 2.45) is 0 Å². The molecule has 6 nitrogen and oxygen atoms in total. The SMILES string of the molecule is Cc1nn(-c2ccc(F)cc2)c(Cl)c1C(=O)N(C)CC1COc2ccccc2O1. The highest BCUT2D eigenvalue weighted by Crippen LogP contribution is 2.31. The zero-order chi connectivity index (χ0) is 20.5. The largest absolute Gasteiger partial charge is 0.486 e. The van der Waals surface area contributed by atoms with Crippen molar-refractivity contribution in [2.75, 3.05) is 20.2 Å². The maximum absolute atomic E-state index is 13.2. The Bertz CT molecular complexity index is 1050. The molecule has 1 aromatic heterocycles. The Morgan fingerprint density at radius 3 is 2.66 bits per heavy atom. The number of hydrogen-bond acceptors (Lipinski definition) is 4. The van der Waals surface area contributed by atoms with E-state index in [2.05, 4.69) is 5.10 Å². The summed E-state index contributed by atoms with van der Waals surface area (Å²) in [5.41, 5.74) is 1.36. The molecule has 2 aromatic carbocycles. The number of hydrogen-bond donors (Lipinski definition) is 0. The lowest BCUT2D eigenvalue weighted by Gasteiger charge is -2.29. The van der Waals surface area contributed by atoms with Crippen molar-refractivity contribution in [3.63, 3.8) is 0 Å². The Morgan fingerprint density at radius 1 is 1.24 bits per heavy atom. The third-order valence-corrected chi connectivity index (χ3v) is 5.03. The molecule has 150 valence electrons. The highest BCUT2D eigenvalue weighted by Gasteiger charge is 2.28. The van der Waals surface area contributed by atoms with E-state index in [0.29, 0.717) is 41.6 Å². The molecule has 0 saturated heterocycles. The van der Waals surface area contributed by atoms with Gasteiger partial charge in [-0.3, -0.25) is 4.79 Å². The van der Waals surface area contributed by atoms with Gasteiger partial charge in [-0.15, -0.1) is 0 Å². The van der Waals surface area contributed by atoms with E-state index in [4.69, 9.17) is 21.1 Å². The summed E-state index contributed by atoms with van der Waals surface area (Å²) in [4.78, 5) is 14.6. The third kappa shape index (κ3) is 3.78. The van der Waals surface area contributed by atoms with Crippen LogP contribution in [0, 0.1) is 12.7 Å². The minimum Gasteiger partial charge on any atom is -0.486 e. The van der Waals surface area contributed by atoms with Crippen molar-refractivity contribution in [1.82, 2.24) is 14.7 Å². The number of fused-ring (bicyclic) bond motifs is 1. The number of carbonyl (C=O) groups is 1. The summed E-state index contributed by atoms with van der Waals surface area (Å²) in [6, 6.07) is 13.1. The van der Waals surface area contributed by atoms with Crippen LogP contribution < -0.4 is 9.47 Å². The molecule has 1 aliphatic heterocycles. The molecular weight excluding hydrogens is 397 g/mol. The van der Waals surface area contributed by atoms with Crippen LogP contribution in [0.25, 0.3) is 5.69 Å². The smallest absolute Gasteiger partial charge is 0.258 e. The van der Waals surface area contributed by atoms with Crippen LogP contribution in [0.2, 0.25) is 5.15 Å². The molecule has 2 heterocycles. The number of amides is 1. The zero-order valence-electron chi connectivity index (χ0n) is 15.9. The fourth-order valence-corrected chi connectivity index (χ4v) is 3.58. The molecule has 29 heavy (non-hydrogen) atoms. The quantitative estimate of drug-likeness (QED) is 0.648. The fraction of sp³-hybridized carbons (Fsp3) is 0.238. The zero-order valence-corrected chi connectivity index (χ0v) is 16.7. The second-order valence-electron chi connectivity index (χ2n) is 6.82. The lowest BCUT2D eigenvalue weighted by atomic mass is 10.2. The average Bonchev–Trinajstić information content (AvgIpc) is 3.02. The fourth-order valence-electron chi connectivity index (χ4n) is 3.23. The minimum atomic E-state index is -0.360. The van der Waals surface area contributed by atoms with E-state index in [1.54, 1.807) is 26.1 Å². The molecule has 1 atom stereocenters. The molecule has 1 unspecified atom stereocenters. The van der Waals surface area contributed by atoms with Gasteiger partial charge in [0, 0.05) is 7.05 Å². The highest BCUT2D eigenvalue weighted by molar-refractivity contribution is 6.33. The number of rotatable bonds is 4. The van der Waals surface area contributed by atoms with Gasteiger partial charge in [-0.05, 0) is 43.3 Å². The normalized spacial score (nSPS) is 15.2. The summed E-state index contributed by atoms with van der Waals surface area (Å²) in [7, 11) is 1.68. The van der Waals surface area contributed by atoms with Crippen molar-refractivity contribution in [1.29, 1.82) is 0 Å². The summed E-state index contributed by atoms with van der Waals surface area (Å²) in [5, 5.41) is 4.53. The van der Waals surface area contributed by atoms with Gasteiger partial charge in [0.25, 0.3) is 5.91 Å². The van der Waals surface area contributed by atoms with Gasteiger partial charge in [0.05, 0.1) is 23.5 Å². The predicted octanol–water partition coefficient (Wildman–Crippen LogP) is 3.89. The number of likely N-dealkylation sites (N-methyl/N-ethyl adjacent to an activating group) is 1. The molecule has 0 fully saturated rings. The molecule has 3 aromatic rings. The van der Waals surface area contributed by atoms with Crippen molar-refractivity contribution in [3.8, 4) is 17.2 Å². The number of ether oxygens (including phenoxy) is 2. The first-order chi connectivity index (χ1) is 13.9. The van der Waals surface area contributed by atoms with Gasteiger partial charge in [-0.25, -0.2) is 9.07 Å². The van der Waals surface area contributed by atoms with E-state index in [-0.39, 0.29) is 23.0 Å². The van der Waals surface area contributed by atoms with Gasteiger partial charge in [-0.1, -0.05) is 23.7 Å². The van der Waals surface area contributed by atoms with E-state index in [1.807, 2.05) is 24.3 Å². The summed E-state index contributed by atoms with van der Waals surface area (Å²) >= 11 is 6.46. The van der Waals surface area contributed by atoms with Crippen LogP contribution >= 0.6 is 11.6 Å². The Balaban J connectivity index is 1.51. The standard InChI is InChI=1S/C21H19ClFN3O3/c1-13-19(20(22)26(24-13)15-9-7-14(23)8-10-15)21(27)25(2)11-16-12-28-17-5-3-4-6-18(17)29-16/h3-10,16H,11-12H2,1-2H3. The number of halogens is 2. The van der Waals surface area contributed by atoms with Gasteiger partial charge in [0.15, 0.2) is 17.6 Å². The van der Waals surface area contributed by atoms with E-state index < -0.39 is 0 Å². The maximum Gasteiger partial charge on any atom is 0.258 e. The molecule has 1 amide bonds. The van der Waals surface area contributed by atoms with Gasteiger partial charge < -0.3 is 14.4 Å². The van der Waals surface area contributed by atoms with Crippen molar-refractivity contribution >= 4 is 17.5 Å². The number of aromatic nitrogens is 2. The molecule has 1 aliphatic rings. The summed E-state index contributed by atoms with van der Waals surface area (Å²) in [5.74, 6) is 0.713. The van der Waals surface area contributed by atoms with Gasteiger partial charge in [0.1, 0.15) is 17.6 Å². The van der Waals surface area contributed by atoms with Crippen LogP contribution in [0.15, 0.2) is 48.5 Å². The number of benzene rings is 2. The summed E-state index contributed by atoms with van der Waals surface area (Å²) < 4.78 is 26.2. The highest BCUT2D eigenvalue weighted by atomic mass is 35.5.